The first kappa shape index (κ1) is 11.8. The molecular weight excluding hydrogens is 202 g/mol. The number of hydrogen-bond acceptors (Lipinski definition) is 5. The minimum absolute atomic E-state index is 0.494. The minimum Gasteiger partial charge on any atom is -0.353 e. The van der Waals surface area contributed by atoms with E-state index in [1.807, 2.05) is 7.05 Å². The highest BCUT2D eigenvalue weighted by Gasteiger charge is 2.16. The van der Waals surface area contributed by atoms with Crippen LogP contribution in [-0.4, -0.2) is 38.8 Å². The van der Waals surface area contributed by atoms with E-state index >= 15 is 0 Å². The third-order valence-corrected chi connectivity index (χ3v) is 2.02. The molecule has 0 radical (unpaired) electrons. The Hall–Kier alpha value is -2.30. The van der Waals surface area contributed by atoms with Crippen LogP contribution in [0.3, 0.4) is 0 Å². The van der Waals surface area contributed by atoms with Crippen molar-refractivity contribution in [1.82, 2.24) is 4.90 Å². The van der Waals surface area contributed by atoms with E-state index in [0.717, 1.165) is 0 Å². The first-order valence-corrected chi connectivity index (χ1v) is 4.45. The van der Waals surface area contributed by atoms with Crippen LogP contribution in [-0.2, 0) is 0 Å². The fourth-order valence-corrected chi connectivity index (χ4v) is 1.33. The van der Waals surface area contributed by atoms with Crippen molar-refractivity contribution in [2.75, 3.05) is 7.05 Å². The van der Waals surface area contributed by atoms with Crippen molar-refractivity contribution >= 4 is 26.9 Å². The Labute approximate surface area is 94.7 Å². The average molecular weight is 215 g/mol. The number of hydrogen-bond donors (Lipinski definition) is 0. The summed E-state index contributed by atoms with van der Waals surface area (Å²) in [5.74, 6) is 0. The van der Waals surface area contributed by atoms with Gasteiger partial charge in [-0.3, -0.25) is 20.0 Å². The Morgan fingerprint density at radius 1 is 0.812 bits per heavy atom. The normalized spacial score (nSPS) is 15.9. The first-order valence-electron chi connectivity index (χ1n) is 4.45. The summed E-state index contributed by atoms with van der Waals surface area (Å²) in [6.07, 6.45) is 3.50. The zero-order valence-corrected chi connectivity index (χ0v) is 9.22. The number of aliphatic imine (C=N–C) groups is 4. The maximum atomic E-state index is 3.88. The molecular formula is C11H13N5. The molecule has 0 N–H and O–H groups in total. The van der Waals surface area contributed by atoms with Crippen LogP contribution in [0.2, 0.25) is 0 Å². The molecule has 0 aromatic heterocycles. The highest BCUT2D eigenvalue weighted by molar-refractivity contribution is 5.54. The Morgan fingerprint density at radius 2 is 1.19 bits per heavy atom. The van der Waals surface area contributed by atoms with Crippen LogP contribution < -0.4 is 0 Å². The van der Waals surface area contributed by atoms with Crippen LogP contribution in [0.1, 0.15) is 0 Å². The lowest BCUT2D eigenvalue weighted by Crippen LogP contribution is -2.01. The molecule has 1 heterocycles. The summed E-state index contributed by atoms with van der Waals surface area (Å²) in [6.45, 7) is 13.9. The predicted octanol–water partition coefficient (Wildman–Crippen LogP) is 1.63. The van der Waals surface area contributed by atoms with Crippen LogP contribution in [0.5, 0.6) is 0 Å². The lowest BCUT2D eigenvalue weighted by molar-refractivity contribution is 0.616. The van der Waals surface area contributed by atoms with Gasteiger partial charge in [0.05, 0.1) is 0 Å². The van der Waals surface area contributed by atoms with Gasteiger partial charge in [-0.1, -0.05) is 0 Å². The molecule has 82 valence electrons. The second-order valence-corrected chi connectivity index (χ2v) is 3.02. The van der Waals surface area contributed by atoms with Crippen molar-refractivity contribution in [3.63, 3.8) is 0 Å². The SMILES string of the molecule is C=NC1=CN(C)C=C(N=C)C(N=C)=C1N=C. The molecule has 0 spiro atoms. The van der Waals surface area contributed by atoms with Crippen molar-refractivity contribution < 1.29 is 0 Å². The average Bonchev–Trinajstić information content (AvgIpc) is 2.43. The highest BCUT2D eigenvalue weighted by atomic mass is 15.1. The molecule has 0 saturated carbocycles. The van der Waals surface area contributed by atoms with Crippen molar-refractivity contribution in [2.24, 2.45) is 20.0 Å². The number of nitrogens with zero attached hydrogens (tertiary/aromatic N) is 5. The van der Waals surface area contributed by atoms with Gasteiger partial charge in [0.2, 0.25) is 0 Å². The molecule has 1 aliphatic heterocycles. The van der Waals surface area contributed by atoms with Crippen LogP contribution in [0, 0.1) is 0 Å². The van der Waals surface area contributed by atoms with E-state index in [0.29, 0.717) is 22.8 Å². The molecule has 0 atom stereocenters. The van der Waals surface area contributed by atoms with Gasteiger partial charge >= 0.3 is 0 Å². The zero-order valence-electron chi connectivity index (χ0n) is 9.22. The molecule has 0 fully saturated rings. The van der Waals surface area contributed by atoms with Crippen molar-refractivity contribution in [1.29, 1.82) is 0 Å². The molecule has 0 aromatic rings. The Balaban J connectivity index is 3.52. The Morgan fingerprint density at radius 3 is 1.44 bits per heavy atom. The summed E-state index contributed by atoms with van der Waals surface area (Å²) in [4.78, 5) is 17.3. The smallest absolute Gasteiger partial charge is 0.117 e. The largest absolute Gasteiger partial charge is 0.353 e. The summed E-state index contributed by atoms with van der Waals surface area (Å²) in [5.41, 5.74) is 2.12. The number of rotatable bonds is 4. The maximum Gasteiger partial charge on any atom is 0.117 e. The van der Waals surface area contributed by atoms with Gasteiger partial charge in [-0.15, -0.1) is 0 Å². The van der Waals surface area contributed by atoms with Gasteiger partial charge in [0, 0.05) is 19.4 Å². The van der Waals surface area contributed by atoms with Gasteiger partial charge in [0.25, 0.3) is 0 Å². The van der Waals surface area contributed by atoms with Crippen LogP contribution in [0.15, 0.2) is 55.2 Å². The lowest BCUT2D eigenvalue weighted by Gasteiger charge is -2.06. The quantitative estimate of drug-likeness (QED) is 0.657. The summed E-state index contributed by atoms with van der Waals surface area (Å²) in [6, 6.07) is 0. The van der Waals surface area contributed by atoms with E-state index in [1.54, 1.807) is 17.3 Å². The molecule has 5 nitrogen and oxygen atoms in total. The first-order chi connectivity index (χ1) is 7.67. The van der Waals surface area contributed by atoms with Gasteiger partial charge in [-0.25, -0.2) is 0 Å². The maximum absolute atomic E-state index is 3.88. The van der Waals surface area contributed by atoms with Crippen LogP contribution >= 0.6 is 0 Å². The van der Waals surface area contributed by atoms with Gasteiger partial charge in [-0.2, -0.15) is 0 Å². The molecule has 1 rings (SSSR count). The molecule has 0 amide bonds. The van der Waals surface area contributed by atoms with Crippen molar-refractivity contribution in [3.8, 4) is 0 Å². The minimum atomic E-state index is 0.494. The second kappa shape index (κ2) is 4.97. The van der Waals surface area contributed by atoms with Gasteiger partial charge in [-0.05, 0) is 26.9 Å². The summed E-state index contributed by atoms with van der Waals surface area (Å²) < 4.78 is 0. The van der Waals surface area contributed by atoms with E-state index in [1.165, 1.54) is 0 Å². The Bertz CT molecular complexity index is 399. The molecule has 0 aliphatic carbocycles. The van der Waals surface area contributed by atoms with E-state index in [-0.39, 0.29) is 0 Å². The molecule has 0 unspecified atom stereocenters. The molecule has 5 heteroatoms. The summed E-state index contributed by atoms with van der Waals surface area (Å²) >= 11 is 0. The fourth-order valence-electron chi connectivity index (χ4n) is 1.33. The van der Waals surface area contributed by atoms with E-state index in [4.69, 9.17) is 0 Å². The molecule has 0 bridgehead atoms. The standard InChI is InChI=1S/C11H13N5/c1-12-8-6-16(5)7-9(13-2)11(15-4)10(8)14-3/h6-7H,1-4H2,5H3. The van der Waals surface area contributed by atoms with Gasteiger partial charge < -0.3 is 4.90 Å². The van der Waals surface area contributed by atoms with E-state index in [2.05, 4.69) is 46.8 Å². The molecule has 1 aliphatic rings. The molecule has 0 saturated heterocycles. The van der Waals surface area contributed by atoms with Crippen molar-refractivity contribution in [2.45, 2.75) is 0 Å². The fraction of sp³-hybridized carbons (Fsp3) is 0.0909. The third-order valence-electron chi connectivity index (χ3n) is 2.02. The van der Waals surface area contributed by atoms with Crippen LogP contribution in [0.4, 0.5) is 0 Å². The Kier molecular flexibility index (Phi) is 3.66. The third kappa shape index (κ3) is 2.03. The van der Waals surface area contributed by atoms with E-state index < -0.39 is 0 Å². The van der Waals surface area contributed by atoms with Gasteiger partial charge in [0.1, 0.15) is 22.8 Å². The van der Waals surface area contributed by atoms with E-state index in [9.17, 15) is 0 Å². The predicted molar refractivity (Wildman–Crippen MR) is 69.2 cm³/mol. The molecule has 16 heavy (non-hydrogen) atoms. The summed E-state index contributed by atoms with van der Waals surface area (Å²) in [5, 5.41) is 0. The summed E-state index contributed by atoms with van der Waals surface area (Å²) in [7, 11) is 1.84. The topological polar surface area (TPSA) is 52.7 Å². The monoisotopic (exact) mass is 215 g/mol. The second-order valence-electron chi connectivity index (χ2n) is 3.02. The van der Waals surface area contributed by atoms with Gasteiger partial charge in [0.15, 0.2) is 0 Å². The van der Waals surface area contributed by atoms with Crippen molar-refractivity contribution in [3.05, 3.63) is 35.2 Å². The lowest BCUT2D eigenvalue weighted by atomic mass is 10.2. The highest BCUT2D eigenvalue weighted by Crippen LogP contribution is 2.27. The molecule has 0 aromatic carbocycles. The zero-order chi connectivity index (χ0) is 12.1. The van der Waals surface area contributed by atoms with Crippen LogP contribution in [0.25, 0.3) is 0 Å².